The normalized spacial score (nSPS) is 11.6. The standard InChI is InChI=1S/C12H11OP.C5H5.2ClH.Ir/c13-14(11-7-3-1-4-8-11)12-9-5-2-6-10-12;1-2-4-5-3-1;;;/h1-10,13H;1-3H,4H2;2*1H;/q;-1;;;+3/p-2. The van der Waals surface area contributed by atoms with Gasteiger partial charge in [-0.3, -0.25) is 6.08 Å². The van der Waals surface area contributed by atoms with E-state index in [1.807, 2.05) is 72.8 Å². The molecule has 2 aromatic carbocycles. The van der Waals surface area contributed by atoms with Gasteiger partial charge in [-0.15, -0.1) is 6.42 Å². The molecule has 0 unspecified atom stereocenters. The van der Waals surface area contributed by atoms with Gasteiger partial charge in [0.15, 0.2) is 0 Å². The van der Waals surface area contributed by atoms with Crippen LogP contribution < -0.4 is 10.6 Å². The van der Waals surface area contributed by atoms with E-state index in [0.29, 0.717) is 0 Å². The first-order valence-corrected chi connectivity index (χ1v) is 13.7. The molecule has 1 N–H and O–H groups in total. The van der Waals surface area contributed by atoms with Crippen LogP contribution in [0.3, 0.4) is 0 Å². The Balaban J connectivity index is 0.000000250. The predicted molar refractivity (Wildman–Crippen MR) is 94.6 cm³/mol. The van der Waals surface area contributed by atoms with E-state index in [1.165, 1.54) is 0 Å². The van der Waals surface area contributed by atoms with E-state index in [0.717, 1.165) is 17.0 Å². The Morgan fingerprint density at radius 2 is 1.36 bits per heavy atom. The third kappa shape index (κ3) is 8.25. The average molecular weight is 530 g/mol. The monoisotopic (exact) mass is 530 g/mol. The zero-order valence-corrected chi connectivity index (χ0v) is 16.5. The molecule has 0 amide bonds. The molecule has 0 saturated carbocycles. The summed E-state index contributed by atoms with van der Waals surface area (Å²) in [5, 5.41) is 1.99. The molecule has 0 heterocycles. The zero-order valence-electron chi connectivity index (χ0n) is 11.7. The second kappa shape index (κ2) is 13.0. The molecule has 0 saturated heterocycles. The van der Waals surface area contributed by atoms with Gasteiger partial charge < -0.3 is 4.89 Å². The second-order valence-corrected chi connectivity index (χ2v) is 9.15. The molecule has 22 heavy (non-hydrogen) atoms. The van der Waals surface area contributed by atoms with E-state index in [1.54, 1.807) is 0 Å². The predicted octanol–water partition coefficient (Wildman–Crippen LogP) is 4.71. The minimum atomic E-state index is -1.17. The molecule has 1 aliphatic carbocycles. The maximum absolute atomic E-state index is 10.1. The summed E-state index contributed by atoms with van der Waals surface area (Å²) in [6.07, 6.45) is 10.0. The summed E-state index contributed by atoms with van der Waals surface area (Å²) >= 11 is -0.556. The van der Waals surface area contributed by atoms with Gasteiger partial charge in [0.25, 0.3) is 0 Å². The summed E-state index contributed by atoms with van der Waals surface area (Å²) < 4.78 is 0. The SMILES string of the molecule is OP(c1ccccc1)c1ccccc1.[C-]1=CC=CC1.[Cl][Ir+][Cl]. The molecule has 0 spiro atoms. The van der Waals surface area contributed by atoms with Crippen molar-refractivity contribution in [1.82, 2.24) is 0 Å². The van der Waals surface area contributed by atoms with Crippen LogP contribution >= 0.6 is 27.3 Å². The van der Waals surface area contributed by atoms with Gasteiger partial charge in [0.1, 0.15) is 0 Å². The fourth-order valence-electron chi connectivity index (χ4n) is 1.63. The Hall–Kier alpha value is -0.461. The first-order valence-electron chi connectivity index (χ1n) is 6.44. The van der Waals surface area contributed by atoms with Crippen molar-refractivity contribution in [3.05, 3.63) is 85.0 Å². The topological polar surface area (TPSA) is 20.2 Å². The van der Waals surface area contributed by atoms with Gasteiger partial charge in [-0.25, -0.2) is 12.2 Å². The van der Waals surface area contributed by atoms with Crippen LogP contribution in [-0.4, -0.2) is 4.89 Å². The molecule has 118 valence electrons. The molecule has 1 nitrogen and oxygen atoms in total. The Kier molecular flexibility index (Phi) is 11.6. The number of benzene rings is 2. The molecular weight excluding hydrogens is 514 g/mol. The molecule has 0 radical (unpaired) electrons. The van der Waals surface area contributed by atoms with Crippen LogP contribution in [-0.2, 0) is 15.7 Å². The molecular formula is C17H16Cl2IrOP. The first kappa shape index (κ1) is 19.6. The summed E-state index contributed by atoms with van der Waals surface area (Å²) in [5.41, 5.74) is 0. The summed E-state index contributed by atoms with van der Waals surface area (Å²) in [6, 6.07) is 19.5. The van der Waals surface area contributed by atoms with Crippen molar-refractivity contribution in [3.8, 4) is 0 Å². The van der Waals surface area contributed by atoms with E-state index in [4.69, 9.17) is 19.2 Å². The van der Waals surface area contributed by atoms with Crippen molar-refractivity contribution in [2.75, 3.05) is 0 Å². The van der Waals surface area contributed by atoms with Crippen LogP contribution in [0.1, 0.15) is 6.42 Å². The van der Waals surface area contributed by atoms with Gasteiger partial charge in [0, 0.05) is 10.6 Å². The quantitative estimate of drug-likeness (QED) is 0.441. The Labute approximate surface area is 149 Å². The molecule has 0 bridgehead atoms. The van der Waals surface area contributed by atoms with E-state index in [-0.39, 0.29) is 0 Å². The Morgan fingerprint density at radius 1 is 0.909 bits per heavy atom. The molecule has 0 aliphatic heterocycles. The number of halogens is 2. The van der Waals surface area contributed by atoms with Crippen molar-refractivity contribution in [3.63, 3.8) is 0 Å². The fourth-order valence-corrected chi connectivity index (χ4v) is 2.83. The van der Waals surface area contributed by atoms with Crippen molar-refractivity contribution >= 4 is 37.9 Å². The van der Waals surface area contributed by atoms with Crippen LogP contribution in [0, 0.1) is 6.08 Å². The summed E-state index contributed by atoms with van der Waals surface area (Å²) in [6.45, 7) is 0. The minimum absolute atomic E-state index is 0.556. The third-order valence-electron chi connectivity index (χ3n) is 2.59. The molecule has 1 aliphatic rings. The molecule has 2 aromatic rings. The van der Waals surface area contributed by atoms with E-state index in [9.17, 15) is 4.89 Å². The van der Waals surface area contributed by atoms with Gasteiger partial charge >= 0.3 is 34.8 Å². The van der Waals surface area contributed by atoms with Crippen molar-refractivity contribution < 1.29 is 20.6 Å². The van der Waals surface area contributed by atoms with Crippen LogP contribution in [0.2, 0.25) is 0 Å². The van der Waals surface area contributed by atoms with Crippen molar-refractivity contribution in [2.45, 2.75) is 6.42 Å². The Bertz CT molecular complexity index is 512. The summed E-state index contributed by atoms with van der Waals surface area (Å²) in [4.78, 5) is 10.1. The van der Waals surface area contributed by atoms with Crippen LogP contribution in [0.15, 0.2) is 78.9 Å². The van der Waals surface area contributed by atoms with Gasteiger partial charge in [-0.2, -0.15) is 6.08 Å². The third-order valence-corrected chi connectivity index (χ3v) is 4.16. The first-order chi connectivity index (χ1) is 10.8. The van der Waals surface area contributed by atoms with E-state index in [2.05, 4.69) is 12.2 Å². The summed E-state index contributed by atoms with van der Waals surface area (Å²) in [7, 11) is 8.61. The summed E-state index contributed by atoms with van der Waals surface area (Å²) in [5.74, 6) is 0. The van der Waals surface area contributed by atoms with Gasteiger partial charge in [-0.05, 0) is 0 Å². The Morgan fingerprint density at radius 3 is 1.64 bits per heavy atom. The number of hydrogen-bond acceptors (Lipinski definition) is 1. The molecule has 3 rings (SSSR count). The van der Waals surface area contributed by atoms with E-state index < -0.39 is 23.8 Å². The second-order valence-electron chi connectivity index (χ2n) is 4.03. The van der Waals surface area contributed by atoms with Crippen LogP contribution in [0.25, 0.3) is 0 Å². The zero-order chi connectivity index (χ0) is 16.0. The average Bonchev–Trinajstić information content (AvgIpc) is 3.16. The fraction of sp³-hybridized carbons (Fsp3) is 0.0588. The molecule has 5 heteroatoms. The maximum atomic E-state index is 10.1. The van der Waals surface area contributed by atoms with Crippen molar-refractivity contribution in [1.29, 1.82) is 0 Å². The van der Waals surface area contributed by atoms with Gasteiger partial charge in [-0.1, -0.05) is 60.7 Å². The van der Waals surface area contributed by atoms with Crippen molar-refractivity contribution in [2.24, 2.45) is 0 Å². The van der Waals surface area contributed by atoms with Gasteiger partial charge in [0.2, 0.25) is 0 Å². The van der Waals surface area contributed by atoms with E-state index >= 15 is 0 Å². The van der Waals surface area contributed by atoms with Gasteiger partial charge in [0.05, 0.1) is 8.15 Å². The number of hydrogen-bond donors (Lipinski definition) is 1. The molecule has 0 fully saturated rings. The van der Waals surface area contributed by atoms with Crippen LogP contribution in [0.4, 0.5) is 0 Å². The number of allylic oxidation sites excluding steroid dienone is 4. The number of rotatable bonds is 2. The van der Waals surface area contributed by atoms with Crippen LogP contribution in [0.5, 0.6) is 0 Å². The molecule has 0 atom stereocenters. The molecule has 0 aromatic heterocycles.